The van der Waals surface area contributed by atoms with Gasteiger partial charge in [0, 0.05) is 18.8 Å². The number of phenols is 1. The van der Waals surface area contributed by atoms with E-state index in [1.54, 1.807) is 24.4 Å². The number of aromatic hydroxyl groups is 1. The number of rotatable bonds is 6. The van der Waals surface area contributed by atoms with Crippen molar-refractivity contribution in [2.75, 3.05) is 11.9 Å². The molecule has 0 aliphatic heterocycles. The van der Waals surface area contributed by atoms with Crippen molar-refractivity contribution in [3.8, 4) is 28.3 Å². The molecule has 0 unspecified atom stereocenters. The van der Waals surface area contributed by atoms with Crippen molar-refractivity contribution in [3.05, 3.63) is 60.3 Å². The highest BCUT2D eigenvalue weighted by Crippen LogP contribution is 2.34. The largest absolute Gasteiger partial charge is 0.507 e. The van der Waals surface area contributed by atoms with Gasteiger partial charge in [0.15, 0.2) is 5.82 Å². The molecule has 8 heteroatoms. The Morgan fingerprint density at radius 3 is 2.41 bits per heavy atom. The van der Waals surface area contributed by atoms with Gasteiger partial charge in [-0.2, -0.15) is 13.2 Å². The van der Waals surface area contributed by atoms with E-state index in [9.17, 15) is 18.3 Å². The lowest BCUT2D eigenvalue weighted by Gasteiger charge is -2.12. The molecule has 152 valence electrons. The Morgan fingerprint density at radius 2 is 1.76 bits per heavy atom. The first-order valence-electron chi connectivity index (χ1n) is 9.11. The van der Waals surface area contributed by atoms with Crippen LogP contribution in [-0.4, -0.2) is 27.7 Å². The molecular formula is C21H21F3N4O. The van der Waals surface area contributed by atoms with E-state index in [-0.39, 0.29) is 11.8 Å². The lowest BCUT2D eigenvalue weighted by atomic mass is 10.0. The second-order valence-electron chi connectivity index (χ2n) is 6.62. The lowest BCUT2D eigenvalue weighted by Crippen LogP contribution is -2.28. The summed E-state index contributed by atoms with van der Waals surface area (Å²) in [6, 6.07) is 11.3. The molecule has 0 fully saturated rings. The average molecular weight is 402 g/mol. The third kappa shape index (κ3) is 5.03. The van der Waals surface area contributed by atoms with Crippen LogP contribution in [0, 0.1) is 0 Å². The molecule has 0 amide bonds. The summed E-state index contributed by atoms with van der Waals surface area (Å²) in [4.78, 5) is 8.61. The van der Waals surface area contributed by atoms with Gasteiger partial charge in [-0.3, -0.25) is 0 Å². The highest BCUT2D eigenvalue weighted by molar-refractivity contribution is 5.74. The molecule has 0 saturated heterocycles. The van der Waals surface area contributed by atoms with Gasteiger partial charge in [-0.15, -0.1) is 0 Å². The second-order valence-corrected chi connectivity index (χ2v) is 6.62. The quantitative estimate of drug-likeness (QED) is 0.557. The maximum absolute atomic E-state index is 12.8. The summed E-state index contributed by atoms with van der Waals surface area (Å²) in [6.45, 7) is 2.53. The summed E-state index contributed by atoms with van der Waals surface area (Å²) in [5.74, 6) is 0.840. The number of nitrogens with two attached hydrogens (primary N) is 1. The SMILES string of the molecule is CC[C@@H](N)CNc1ccnc(-c2cc(-c3ccc(C(F)(F)F)cc3)ccc2O)n1. The van der Waals surface area contributed by atoms with Crippen molar-refractivity contribution < 1.29 is 18.3 Å². The van der Waals surface area contributed by atoms with Crippen LogP contribution in [0.4, 0.5) is 19.0 Å². The average Bonchev–Trinajstić information content (AvgIpc) is 2.72. The Bertz CT molecular complexity index is 974. The molecule has 3 rings (SSSR count). The zero-order chi connectivity index (χ0) is 21.0. The maximum atomic E-state index is 12.8. The number of alkyl halides is 3. The molecule has 0 bridgehead atoms. The van der Waals surface area contributed by atoms with Crippen molar-refractivity contribution in [1.29, 1.82) is 0 Å². The fraction of sp³-hybridized carbons (Fsp3) is 0.238. The Morgan fingerprint density at radius 1 is 1.07 bits per heavy atom. The third-order valence-electron chi connectivity index (χ3n) is 4.51. The van der Waals surface area contributed by atoms with Crippen LogP contribution in [0.15, 0.2) is 54.7 Å². The summed E-state index contributed by atoms with van der Waals surface area (Å²) in [7, 11) is 0. The molecule has 1 aromatic heterocycles. The minimum Gasteiger partial charge on any atom is -0.507 e. The van der Waals surface area contributed by atoms with Crippen molar-refractivity contribution >= 4 is 5.82 Å². The van der Waals surface area contributed by atoms with E-state index in [4.69, 9.17) is 5.73 Å². The number of aromatic nitrogens is 2. The molecule has 2 aromatic carbocycles. The van der Waals surface area contributed by atoms with Gasteiger partial charge in [-0.25, -0.2) is 9.97 Å². The van der Waals surface area contributed by atoms with Crippen LogP contribution in [0.3, 0.4) is 0 Å². The van der Waals surface area contributed by atoms with Crippen LogP contribution < -0.4 is 11.1 Å². The molecular weight excluding hydrogens is 381 g/mol. The van der Waals surface area contributed by atoms with Crippen LogP contribution in [0.1, 0.15) is 18.9 Å². The summed E-state index contributed by atoms with van der Waals surface area (Å²) in [5.41, 5.74) is 6.79. The van der Waals surface area contributed by atoms with E-state index in [0.717, 1.165) is 18.6 Å². The maximum Gasteiger partial charge on any atom is 0.416 e. The Hall–Kier alpha value is -3.13. The van der Waals surface area contributed by atoms with Gasteiger partial charge in [-0.1, -0.05) is 25.1 Å². The molecule has 0 aliphatic rings. The standard InChI is InChI=1S/C21H21F3N4O/c1-2-16(25)12-27-19-9-10-26-20(28-19)17-11-14(5-8-18(17)29)13-3-6-15(7-4-13)21(22,23)24/h3-11,16,29H,2,12,25H2,1H3,(H,26,27,28)/t16-/m1/s1. The molecule has 29 heavy (non-hydrogen) atoms. The number of nitrogens with one attached hydrogen (secondary N) is 1. The van der Waals surface area contributed by atoms with Crippen LogP contribution >= 0.6 is 0 Å². The van der Waals surface area contributed by atoms with E-state index >= 15 is 0 Å². The van der Waals surface area contributed by atoms with E-state index in [1.807, 2.05) is 6.92 Å². The van der Waals surface area contributed by atoms with E-state index < -0.39 is 11.7 Å². The molecule has 3 aromatic rings. The minimum atomic E-state index is -4.39. The predicted octanol–water partition coefficient (Wildman–Crippen LogP) is 4.68. The Labute approximate surface area is 166 Å². The van der Waals surface area contributed by atoms with Gasteiger partial charge >= 0.3 is 6.18 Å². The number of anilines is 1. The summed E-state index contributed by atoms with van der Waals surface area (Å²) < 4.78 is 38.3. The van der Waals surface area contributed by atoms with Crippen LogP contribution in [-0.2, 0) is 6.18 Å². The Balaban J connectivity index is 1.90. The summed E-state index contributed by atoms with van der Waals surface area (Å²) >= 11 is 0. The van der Waals surface area contributed by atoms with Gasteiger partial charge in [0.05, 0.1) is 11.1 Å². The fourth-order valence-electron chi connectivity index (χ4n) is 2.71. The van der Waals surface area contributed by atoms with Gasteiger partial charge < -0.3 is 16.2 Å². The number of phenolic OH excluding ortho intramolecular Hbond substituents is 1. The van der Waals surface area contributed by atoms with E-state index in [0.29, 0.717) is 34.9 Å². The smallest absolute Gasteiger partial charge is 0.416 e. The number of hydrogen-bond donors (Lipinski definition) is 3. The van der Waals surface area contributed by atoms with Crippen LogP contribution in [0.5, 0.6) is 5.75 Å². The topological polar surface area (TPSA) is 84.1 Å². The van der Waals surface area contributed by atoms with Crippen LogP contribution in [0.2, 0.25) is 0 Å². The van der Waals surface area contributed by atoms with Gasteiger partial charge in [-0.05, 0) is 47.9 Å². The monoisotopic (exact) mass is 402 g/mol. The molecule has 0 spiro atoms. The minimum absolute atomic E-state index is 0.00943. The highest BCUT2D eigenvalue weighted by Gasteiger charge is 2.30. The zero-order valence-electron chi connectivity index (χ0n) is 15.7. The molecule has 0 aliphatic carbocycles. The normalized spacial score (nSPS) is 12.6. The molecule has 4 N–H and O–H groups in total. The predicted molar refractivity (Wildman–Crippen MR) is 106 cm³/mol. The number of nitrogens with zero attached hydrogens (tertiary/aromatic N) is 2. The van der Waals surface area contributed by atoms with Gasteiger partial charge in [0.2, 0.25) is 0 Å². The van der Waals surface area contributed by atoms with Crippen molar-refractivity contribution in [1.82, 2.24) is 9.97 Å². The summed E-state index contributed by atoms with van der Waals surface area (Å²) in [6.07, 6.45) is -2.01. The number of benzene rings is 2. The van der Waals surface area contributed by atoms with E-state index in [2.05, 4.69) is 15.3 Å². The van der Waals surface area contributed by atoms with Crippen molar-refractivity contribution in [2.24, 2.45) is 5.73 Å². The second kappa shape index (κ2) is 8.48. The fourth-order valence-corrected chi connectivity index (χ4v) is 2.71. The molecule has 0 radical (unpaired) electrons. The number of hydrogen-bond acceptors (Lipinski definition) is 5. The first-order chi connectivity index (χ1) is 13.8. The molecule has 0 saturated carbocycles. The third-order valence-corrected chi connectivity index (χ3v) is 4.51. The highest BCUT2D eigenvalue weighted by atomic mass is 19.4. The first-order valence-corrected chi connectivity index (χ1v) is 9.11. The first kappa shape index (κ1) is 20.6. The Kier molecular flexibility index (Phi) is 6.03. The molecule has 5 nitrogen and oxygen atoms in total. The van der Waals surface area contributed by atoms with Gasteiger partial charge in [0.1, 0.15) is 11.6 Å². The molecule has 1 atom stereocenters. The van der Waals surface area contributed by atoms with Crippen molar-refractivity contribution in [2.45, 2.75) is 25.6 Å². The van der Waals surface area contributed by atoms with Crippen LogP contribution in [0.25, 0.3) is 22.5 Å². The molecule has 1 heterocycles. The lowest BCUT2D eigenvalue weighted by molar-refractivity contribution is -0.137. The summed E-state index contributed by atoms with van der Waals surface area (Å²) in [5, 5.41) is 13.4. The zero-order valence-corrected chi connectivity index (χ0v) is 15.7. The number of halogens is 3. The van der Waals surface area contributed by atoms with E-state index in [1.165, 1.54) is 18.2 Å². The van der Waals surface area contributed by atoms with Gasteiger partial charge in [0.25, 0.3) is 0 Å². The van der Waals surface area contributed by atoms with Crippen molar-refractivity contribution in [3.63, 3.8) is 0 Å².